The molecule has 0 radical (unpaired) electrons. The van der Waals surface area contributed by atoms with Crippen LogP contribution in [0.2, 0.25) is 0 Å². The minimum Gasteiger partial charge on any atom is -0.466 e. The fourth-order valence-corrected chi connectivity index (χ4v) is 5.53. The second-order valence-electron chi connectivity index (χ2n) is 7.82. The Morgan fingerprint density at radius 3 is 2.16 bits per heavy atom. The summed E-state index contributed by atoms with van der Waals surface area (Å²) in [7, 11) is -3.23. The molecule has 166 valence electrons. The molecule has 2 fully saturated rings. The van der Waals surface area contributed by atoms with E-state index < -0.39 is 10.0 Å². The summed E-state index contributed by atoms with van der Waals surface area (Å²) in [5, 5.41) is 2.84. The zero-order valence-electron chi connectivity index (χ0n) is 17.6. The van der Waals surface area contributed by atoms with Crippen LogP contribution in [0.1, 0.15) is 28.3 Å². The highest BCUT2D eigenvalue weighted by Crippen LogP contribution is 2.25. The van der Waals surface area contributed by atoms with E-state index in [0.29, 0.717) is 67.6 Å². The number of aryl methyl sites for hydroxylation is 2. The van der Waals surface area contributed by atoms with Crippen molar-refractivity contribution in [1.29, 1.82) is 0 Å². The average molecular weight is 447 g/mol. The second-order valence-corrected chi connectivity index (χ2v) is 9.84. The van der Waals surface area contributed by atoms with Crippen molar-refractivity contribution in [2.75, 3.05) is 48.1 Å². The molecule has 0 atom stereocenters. The lowest BCUT2D eigenvalue weighted by Gasteiger charge is -2.34. The van der Waals surface area contributed by atoms with Crippen LogP contribution in [0.5, 0.6) is 0 Å². The van der Waals surface area contributed by atoms with Gasteiger partial charge in [-0.25, -0.2) is 13.2 Å². The van der Waals surface area contributed by atoms with Crippen molar-refractivity contribution < 1.29 is 22.4 Å². The molecule has 4 rings (SSSR count). The molecule has 1 N–H and O–H groups in total. The van der Waals surface area contributed by atoms with E-state index in [1.54, 1.807) is 47.1 Å². The van der Waals surface area contributed by atoms with Crippen molar-refractivity contribution in [1.82, 2.24) is 9.80 Å². The number of anilines is 2. The van der Waals surface area contributed by atoms with Gasteiger partial charge in [0.1, 0.15) is 11.5 Å². The van der Waals surface area contributed by atoms with Gasteiger partial charge in [0.05, 0.1) is 17.0 Å². The minimum atomic E-state index is -3.23. The molecule has 2 aliphatic rings. The standard InChI is InChI=1S/C21H26N4O5S/c1-15-14-19(16(2)30-15)20(26)23-9-11-24(12-10-23)21(27)22-17-4-6-18(7-5-17)25-8-3-13-31(25,28)29/h4-7,14H,3,8-13H2,1-2H3,(H,22,27). The number of carbonyl (C=O) groups is 2. The van der Waals surface area contributed by atoms with Crippen LogP contribution >= 0.6 is 0 Å². The number of nitrogens with zero attached hydrogens (tertiary/aromatic N) is 3. The molecule has 3 amide bonds. The predicted molar refractivity (Wildman–Crippen MR) is 117 cm³/mol. The first-order valence-corrected chi connectivity index (χ1v) is 11.9. The molecule has 3 heterocycles. The number of amides is 3. The molecule has 0 bridgehead atoms. The maximum atomic E-state index is 12.7. The zero-order valence-corrected chi connectivity index (χ0v) is 18.4. The molecule has 9 nitrogen and oxygen atoms in total. The number of carbonyl (C=O) groups excluding carboxylic acids is 2. The number of rotatable bonds is 3. The number of benzene rings is 1. The maximum Gasteiger partial charge on any atom is 0.321 e. The van der Waals surface area contributed by atoms with E-state index in [1.165, 1.54) is 4.31 Å². The van der Waals surface area contributed by atoms with Crippen molar-refractivity contribution in [2.45, 2.75) is 20.3 Å². The van der Waals surface area contributed by atoms with E-state index in [9.17, 15) is 18.0 Å². The number of piperazine rings is 1. The van der Waals surface area contributed by atoms with Crippen LogP contribution < -0.4 is 9.62 Å². The highest BCUT2D eigenvalue weighted by molar-refractivity contribution is 7.93. The number of furan rings is 1. The molecule has 2 aliphatic heterocycles. The Balaban J connectivity index is 1.32. The summed E-state index contributed by atoms with van der Waals surface area (Å²) in [6.07, 6.45) is 0.620. The summed E-state index contributed by atoms with van der Waals surface area (Å²) >= 11 is 0. The van der Waals surface area contributed by atoms with Crippen LogP contribution in [-0.2, 0) is 10.0 Å². The normalized spacial score (nSPS) is 18.3. The summed E-state index contributed by atoms with van der Waals surface area (Å²) < 4.78 is 30.9. The van der Waals surface area contributed by atoms with Crippen LogP contribution in [-0.4, -0.2) is 68.6 Å². The molecule has 0 spiro atoms. The Bertz CT molecular complexity index is 1090. The molecular weight excluding hydrogens is 420 g/mol. The lowest BCUT2D eigenvalue weighted by Crippen LogP contribution is -2.51. The summed E-state index contributed by atoms with van der Waals surface area (Å²) in [4.78, 5) is 28.7. The van der Waals surface area contributed by atoms with E-state index in [1.807, 2.05) is 6.92 Å². The molecule has 0 saturated carbocycles. The monoisotopic (exact) mass is 446 g/mol. The van der Waals surface area contributed by atoms with Gasteiger partial charge in [-0.05, 0) is 50.6 Å². The van der Waals surface area contributed by atoms with Gasteiger partial charge < -0.3 is 19.5 Å². The quantitative estimate of drug-likeness (QED) is 0.780. The van der Waals surface area contributed by atoms with Gasteiger partial charge in [-0.3, -0.25) is 9.10 Å². The van der Waals surface area contributed by atoms with Crippen molar-refractivity contribution in [2.24, 2.45) is 0 Å². The molecule has 0 aliphatic carbocycles. The summed E-state index contributed by atoms with van der Waals surface area (Å²) in [5.41, 5.74) is 1.76. The van der Waals surface area contributed by atoms with E-state index in [0.717, 1.165) is 0 Å². The lowest BCUT2D eigenvalue weighted by atomic mass is 10.2. The predicted octanol–water partition coefficient (Wildman–Crippen LogP) is 2.43. The van der Waals surface area contributed by atoms with Crippen LogP contribution in [0.4, 0.5) is 16.2 Å². The van der Waals surface area contributed by atoms with Gasteiger partial charge >= 0.3 is 6.03 Å². The largest absolute Gasteiger partial charge is 0.466 e. The number of urea groups is 1. The van der Waals surface area contributed by atoms with Gasteiger partial charge in [-0.15, -0.1) is 0 Å². The topological polar surface area (TPSA) is 103 Å². The average Bonchev–Trinajstić information content (AvgIpc) is 3.28. The third kappa shape index (κ3) is 4.39. The highest BCUT2D eigenvalue weighted by atomic mass is 32.2. The second kappa shape index (κ2) is 8.26. The van der Waals surface area contributed by atoms with Gasteiger partial charge in [0.2, 0.25) is 10.0 Å². The number of hydrogen-bond donors (Lipinski definition) is 1. The van der Waals surface area contributed by atoms with Gasteiger partial charge in [-0.1, -0.05) is 0 Å². The van der Waals surface area contributed by atoms with Crippen LogP contribution in [0, 0.1) is 13.8 Å². The molecule has 0 unspecified atom stereocenters. The fourth-order valence-electron chi connectivity index (χ4n) is 3.97. The number of sulfonamides is 1. The summed E-state index contributed by atoms with van der Waals surface area (Å²) in [5.74, 6) is 1.39. The molecule has 1 aromatic heterocycles. The molecule has 2 aromatic rings. The van der Waals surface area contributed by atoms with Gasteiger partial charge in [-0.2, -0.15) is 0 Å². The molecule has 1 aromatic carbocycles. The van der Waals surface area contributed by atoms with E-state index in [-0.39, 0.29) is 17.7 Å². The van der Waals surface area contributed by atoms with Crippen LogP contribution in [0.15, 0.2) is 34.7 Å². The Kier molecular flexibility index (Phi) is 5.65. The van der Waals surface area contributed by atoms with Gasteiger partial charge in [0.25, 0.3) is 5.91 Å². The van der Waals surface area contributed by atoms with E-state index in [4.69, 9.17) is 4.42 Å². The first-order valence-electron chi connectivity index (χ1n) is 10.3. The zero-order chi connectivity index (χ0) is 22.2. The summed E-state index contributed by atoms with van der Waals surface area (Å²) in [6.45, 7) is 5.81. The fraction of sp³-hybridized carbons (Fsp3) is 0.429. The number of hydrogen-bond acceptors (Lipinski definition) is 5. The van der Waals surface area contributed by atoms with Gasteiger partial charge in [0, 0.05) is 38.4 Å². The highest BCUT2D eigenvalue weighted by Gasteiger charge is 2.29. The van der Waals surface area contributed by atoms with Crippen LogP contribution in [0.25, 0.3) is 0 Å². The first-order chi connectivity index (χ1) is 14.7. The Labute approximate surface area is 181 Å². The van der Waals surface area contributed by atoms with Crippen molar-refractivity contribution in [3.05, 3.63) is 47.4 Å². The van der Waals surface area contributed by atoms with E-state index >= 15 is 0 Å². The molecule has 10 heteroatoms. The van der Waals surface area contributed by atoms with Crippen LogP contribution in [0.3, 0.4) is 0 Å². The Morgan fingerprint density at radius 2 is 1.61 bits per heavy atom. The maximum absolute atomic E-state index is 12.7. The third-order valence-corrected chi connectivity index (χ3v) is 7.50. The lowest BCUT2D eigenvalue weighted by molar-refractivity contribution is 0.0670. The van der Waals surface area contributed by atoms with Gasteiger partial charge in [0.15, 0.2) is 0 Å². The molecule has 2 saturated heterocycles. The minimum absolute atomic E-state index is 0.0816. The Morgan fingerprint density at radius 1 is 0.968 bits per heavy atom. The van der Waals surface area contributed by atoms with Crippen molar-refractivity contribution >= 4 is 33.3 Å². The number of nitrogens with one attached hydrogen (secondary N) is 1. The van der Waals surface area contributed by atoms with Crippen molar-refractivity contribution in [3.8, 4) is 0 Å². The SMILES string of the molecule is Cc1cc(C(=O)N2CCN(C(=O)Nc3ccc(N4CCCS4(=O)=O)cc3)CC2)c(C)o1. The van der Waals surface area contributed by atoms with Crippen molar-refractivity contribution in [3.63, 3.8) is 0 Å². The smallest absolute Gasteiger partial charge is 0.321 e. The Hall–Kier alpha value is -3.01. The summed E-state index contributed by atoms with van der Waals surface area (Å²) in [6, 6.07) is 8.29. The first kappa shape index (κ1) is 21.2. The molecule has 31 heavy (non-hydrogen) atoms. The molecular formula is C21H26N4O5S. The van der Waals surface area contributed by atoms with E-state index in [2.05, 4.69) is 5.32 Å². The third-order valence-electron chi connectivity index (χ3n) is 5.63.